The Balaban J connectivity index is 1.73. The van der Waals surface area contributed by atoms with Crippen LogP contribution in [-0.2, 0) is 9.59 Å². The lowest BCUT2D eigenvalue weighted by Crippen LogP contribution is -2.33. The Kier molecular flexibility index (Phi) is 4.13. The average Bonchev–Trinajstić information content (AvgIpc) is 3.24. The van der Waals surface area contributed by atoms with Gasteiger partial charge in [0.25, 0.3) is 0 Å². The third-order valence-electron chi connectivity index (χ3n) is 4.94. The summed E-state index contributed by atoms with van der Waals surface area (Å²) in [5, 5.41) is 10.0. The zero-order valence-corrected chi connectivity index (χ0v) is 13.3. The molecule has 1 saturated carbocycles. The van der Waals surface area contributed by atoms with Crippen molar-refractivity contribution < 1.29 is 14.7 Å². The highest BCUT2D eigenvalue weighted by molar-refractivity contribution is 6.30. The molecule has 118 valence electrons. The molecule has 1 N–H and O–H groups in total. The van der Waals surface area contributed by atoms with Gasteiger partial charge >= 0.3 is 5.97 Å². The molecule has 4 nitrogen and oxygen atoms in total. The Hall–Kier alpha value is -1.55. The van der Waals surface area contributed by atoms with Gasteiger partial charge < -0.3 is 10.0 Å². The first-order chi connectivity index (χ1) is 10.5. The second kappa shape index (κ2) is 5.92. The maximum absolute atomic E-state index is 12.7. The predicted octanol–water partition coefficient (Wildman–Crippen LogP) is 3.01. The topological polar surface area (TPSA) is 57.6 Å². The number of carboxylic acids is 1. The second-order valence-corrected chi connectivity index (χ2v) is 6.90. The number of aliphatic carboxylic acids is 1. The van der Waals surface area contributed by atoms with Crippen LogP contribution in [0, 0.1) is 17.8 Å². The van der Waals surface area contributed by atoms with E-state index in [4.69, 9.17) is 11.6 Å². The molecule has 0 spiro atoms. The number of rotatable bonds is 4. The molecule has 0 radical (unpaired) electrons. The Morgan fingerprint density at radius 3 is 2.64 bits per heavy atom. The normalized spacial score (nSPS) is 26.0. The molecule has 1 aliphatic heterocycles. The van der Waals surface area contributed by atoms with Crippen molar-refractivity contribution in [2.24, 2.45) is 17.8 Å². The maximum atomic E-state index is 12.7. The van der Waals surface area contributed by atoms with Gasteiger partial charge in [0, 0.05) is 18.1 Å². The molecule has 0 bridgehead atoms. The van der Waals surface area contributed by atoms with Crippen LogP contribution in [0.1, 0.15) is 31.2 Å². The van der Waals surface area contributed by atoms with Crippen LogP contribution in [0.3, 0.4) is 0 Å². The van der Waals surface area contributed by atoms with Gasteiger partial charge in [0.2, 0.25) is 5.91 Å². The Morgan fingerprint density at radius 2 is 2.05 bits per heavy atom. The molecule has 1 saturated heterocycles. The molecule has 1 unspecified atom stereocenters. The SMILES string of the molecule is CC(C(=O)N1C[C@H](C(=O)O)[C@@H](C2CC2)C1)c1cccc(Cl)c1. The lowest BCUT2D eigenvalue weighted by Gasteiger charge is -2.21. The first kappa shape index (κ1) is 15.3. The van der Waals surface area contributed by atoms with Gasteiger partial charge in [0.15, 0.2) is 0 Å². The third-order valence-corrected chi connectivity index (χ3v) is 5.18. The van der Waals surface area contributed by atoms with Crippen LogP contribution in [0.25, 0.3) is 0 Å². The summed E-state index contributed by atoms with van der Waals surface area (Å²) in [6, 6.07) is 7.30. The fourth-order valence-corrected chi connectivity index (χ4v) is 3.66. The second-order valence-electron chi connectivity index (χ2n) is 6.47. The quantitative estimate of drug-likeness (QED) is 0.927. The van der Waals surface area contributed by atoms with E-state index in [2.05, 4.69) is 0 Å². The van der Waals surface area contributed by atoms with Crippen molar-refractivity contribution in [3.63, 3.8) is 0 Å². The molecular formula is C17H20ClNO3. The van der Waals surface area contributed by atoms with E-state index < -0.39 is 11.9 Å². The summed E-state index contributed by atoms with van der Waals surface area (Å²) in [4.78, 5) is 25.9. The molecule has 22 heavy (non-hydrogen) atoms. The van der Waals surface area contributed by atoms with Crippen molar-refractivity contribution in [2.45, 2.75) is 25.7 Å². The monoisotopic (exact) mass is 321 g/mol. The smallest absolute Gasteiger partial charge is 0.308 e. The number of hydrogen-bond donors (Lipinski definition) is 1. The first-order valence-corrected chi connectivity index (χ1v) is 8.12. The van der Waals surface area contributed by atoms with E-state index in [-0.39, 0.29) is 17.7 Å². The van der Waals surface area contributed by atoms with Crippen LogP contribution < -0.4 is 0 Å². The van der Waals surface area contributed by atoms with Gasteiger partial charge in [-0.15, -0.1) is 0 Å². The molecular weight excluding hydrogens is 302 g/mol. The highest BCUT2D eigenvalue weighted by Gasteiger charge is 2.47. The number of likely N-dealkylation sites (tertiary alicyclic amines) is 1. The molecule has 1 heterocycles. The summed E-state index contributed by atoms with van der Waals surface area (Å²) in [7, 11) is 0. The van der Waals surface area contributed by atoms with Crippen molar-refractivity contribution in [1.29, 1.82) is 0 Å². The van der Waals surface area contributed by atoms with Crippen LogP contribution in [0.2, 0.25) is 5.02 Å². The van der Waals surface area contributed by atoms with Gasteiger partial charge in [-0.25, -0.2) is 0 Å². The summed E-state index contributed by atoms with van der Waals surface area (Å²) in [5.41, 5.74) is 0.874. The van der Waals surface area contributed by atoms with Crippen molar-refractivity contribution >= 4 is 23.5 Å². The summed E-state index contributed by atoms with van der Waals surface area (Å²) < 4.78 is 0. The van der Waals surface area contributed by atoms with E-state index in [9.17, 15) is 14.7 Å². The first-order valence-electron chi connectivity index (χ1n) is 7.74. The van der Waals surface area contributed by atoms with E-state index in [1.165, 1.54) is 0 Å². The molecule has 1 aromatic carbocycles. The lowest BCUT2D eigenvalue weighted by atomic mass is 9.92. The van der Waals surface area contributed by atoms with Gasteiger partial charge in [0.1, 0.15) is 0 Å². The number of halogens is 1. The fourth-order valence-electron chi connectivity index (χ4n) is 3.46. The zero-order valence-electron chi connectivity index (χ0n) is 12.5. The molecule has 1 aromatic rings. The van der Waals surface area contributed by atoms with E-state index in [0.717, 1.165) is 18.4 Å². The van der Waals surface area contributed by atoms with Crippen LogP contribution in [0.4, 0.5) is 0 Å². The lowest BCUT2D eigenvalue weighted by molar-refractivity contribution is -0.142. The Bertz CT molecular complexity index is 599. The van der Waals surface area contributed by atoms with E-state index in [1.807, 2.05) is 19.1 Å². The van der Waals surface area contributed by atoms with Gasteiger partial charge in [-0.2, -0.15) is 0 Å². The van der Waals surface area contributed by atoms with Crippen LogP contribution in [-0.4, -0.2) is 35.0 Å². The molecule has 1 amide bonds. The Labute approximate surface area is 135 Å². The van der Waals surface area contributed by atoms with Crippen LogP contribution in [0.5, 0.6) is 0 Å². The Morgan fingerprint density at radius 1 is 1.32 bits per heavy atom. The standard InChI is InChI=1S/C17H20ClNO3/c1-10(12-3-2-4-13(18)7-12)16(20)19-8-14(11-5-6-11)15(9-19)17(21)22/h2-4,7,10-11,14-15H,5-6,8-9H2,1H3,(H,21,22)/t10?,14-,15+/m1/s1. The summed E-state index contributed by atoms with van der Waals surface area (Å²) in [5.74, 6) is -0.887. The number of benzene rings is 1. The molecule has 0 aromatic heterocycles. The zero-order chi connectivity index (χ0) is 15.9. The number of carboxylic acid groups (broad SMARTS) is 1. The van der Waals surface area contributed by atoms with E-state index >= 15 is 0 Å². The van der Waals surface area contributed by atoms with E-state index in [0.29, 0.717) is 24.0 Å². The minimum atomic E-state index is -0.775. The van der Waals surface area contributed by atoms with Gasteiger partial charge in [-0.3, -0.25) is 9.59 Å². The highest BCUT2D eigenvalue weighted by Crippen LogP contribution is 2.44. The predicted molar refractivity (Wildman–Crippen MR) is 83.8 cm³/mol. The number of carbonyl (C=O) groups excluding carboxylic acids is 1. The summed E-state index contributed by atoms with van der Waals surface area (Å²) in [6.45, 7) is 2.76. The van der Waals surface area contributed by atoms with Crippen molar-refractivity contribution in [3.05, 3.63) is 34.9 Å². The minimum absolute atomic E-state index is 0.00309. The molecule has 1 aliphatic carbocycles. The maximum Gasteiger partial charge on any atom is 0.308 e. The average molecular weight is 322 g/mol. The van der Waals surface area contributed by atoms with Crippen LogP contribution >= 0.6 is 11.6 Å². The minimum Gasteiger partial charge on any atom is -0.481 e. The molecule has 5 heteroatoms. The number of hydrogen-bond acceptors (Lipinski definition) is 2. The largest absolute Gasteiger partial charge is 0.481 e. The van der Waals surface area contributed by atoms with Gasteiger partial charge in [-0.05, 0) is 49.3 Å². The number of nitrogens with zero attached hydrogens (tertiary/aromatic N) is 1. The van der Waals surface area contributed by atoms with Crippen molar-refractivity contribution in [1.82, 2.24) is 4.90 Å². The highest BCUT2D eigenvalue weighted by atomic mass is 35.5. The third kappa shape index (κ3) is 2.98. The molecule has 3 rings (SSSR count). The van der Waals surface area contributed by atoms with Crippen molar-refractivity contribution in [2.75, 3.05) is 13.1 Å². The summed E-state index contributed by atoms with van der Waals surface area (Å²) in [6.07, 6.45) is 2.20. The van der Waals surface area contributed by atoms with Gasteiger partial charge in [-0.1, -0.05) is 23.7 Å². The fraction of sp³-hybridized carbons (Fsp3) is 0.529. The summed E-state index contributed by atoms with van der Waals surface area (Å²) >= 11 is 5.99. The van der Waals surface area contributed by atoms with Crippen molar-refractivity contribution in [3.8, 4) is 0 Å². The molecule has 3 atom stereocenters. The molecule has 2 aliphatic rings. The van der Waals surface area contributed by atoms with Gasteiger partial charge in [0.05, 0.1) is 11.8 Å². The molecule has 2 fully saturated rings. The van der Waals surface area contributed by atoms with E-state index in [1.54, 1.807) is 17.0 Å². The number of amides is 1. The number of carbonyl (C=O) groups is 2. The van der Waals surface area contributed by atoms with Crippen LogP contribution in [0.15, 0.2) is 24.3 Å².